The minimum atomic E-state index is -0.379. The molecule has 2 saturated heterocycles. The van der Waals surface area contributed by atoms with E-state index in [0.717, 1.165) is 44.3 Å². The number of benzene rings is 1. The first kappa shape index (κ1) is 17.2. The topological polar surface area (TPSA) is 62.5 Å². The summed E-state index contributed by atoms with van der Waals surface area (Å²) in [5.41, 5.74) is 0.540. The van der Waals surface area contributed by atoms with Gasteiger partial charge in [0.1, 0.15) is 5.54 Å². The van der Waals surface area contributed by atoms with Gasteiger partial charge in [-0.15, -0.1) is 0 Å². The lowest BCUT2D eigenvalue weighted by molar-refractivity contribution is -0.149. The summed E-state index contributed by atoms with van der Waals surface area (Å²) < 4.78 is 5.44. The van der Waals surface area contributed by atoms with Crippen LogP contribution in [0.5, 0.6) is 0 Å². The second-order valence-corrected chi connectivity index (χ2v) is 7.63. The van der Waals surface area contributed by atoms with Gasteiger partial charge in [0.25, 0.3) is 5.89 Å². The fourth-order valence-corrected chi connectivity index (χ4v) is 4.39. The quantitative estimate of drug-likeness (QED) is 0.844. The molecule has 2 aliphatic heterocycles. The standard InChI is InChI=1S/C20H26N4O2/c1-15(2)24-13-7-11-20(19(24)25)10-6-12-23(20)14-17-21-18(26-22-17)16-8-4-3-5-9-16/h3-5,8-9,15H,6-7,10-14H2,1-2H3. The average Bonchev–Trinajstić information content (AvgIpc) is 3.27. The first-order chi connectivity index (χ1) is 12.6. The van der Waals surface area contributed by atoms with E-state index >= 15 is 0 Å². The average molecular weight is 354 g/mol. The molecule has 2 aliphatic rings. The second kappa shape index (κ2) is 6.83. The molecule has 1 aromatic heterocycles. The zero-order valence-corrected chi connectivity index (χ0v) is 15.5. The van der Waals surface area contributed by atoms with Crippen LogP contribution < -0.4 is 0 Å². The Labute approximate surface area is 154 Å². The largest absolute Gasteiger partial charge is 0.339 e. The SMILES string of the molecule is CC(C)N1CCCC2(CCCN2Cc2noc(-c3ccccc3)n2)C1=O. The minimum Gasteiger partial charge on any atom is -0.339 e. The van der Waals surface area contributed by atoms with Crippen LogP contribution in [0.2, 0.25) is 0 Å². The molecule has 138 valence electrons. The molecule has 6 nitrogen and oxygen atoms in total. The van der Waals surface area contributed by atoms with E-state index in [1.54, 1.807) is 0 Å². The predicted octanol–water partition coefficient (Wildman–Crippen LogP) is 3.10. The maximum absolute atomic E-state index is 13.2. The third-order valence-corrected chi connectivity index (χ3v) is 5.72. The molecule has 0 N–H and O–H groups in total. The fourth-order valence-electron chi connectivity index (χ4n) is 4.39. The summed E-state index contributed by atoms with van der Waals surface area (Å²) in [6.45, 7) is 6.54. The third kappa shape index (κ3) is 2.92. The number of rotatable bonds is 4. The summed E-state index contributed by atoms with van der Waals surface area (Å²) >= 11 is 0. The predicted molar refractivity (Wildman–Crippen MR) is 98.2 cm³/mol. The van der Waals surface area contributed by atoms with Gasteiger partial charge in [-0.25, -0.2) is 0 Å². The van der Waals surface area contributed by atoms with Crippen LogP contribution in [0.25, 0.3) is 11.5 Å². The Hall–Kier alpha value is -2.21. The molecular weight excluding hydrogens is 328 g/mol. The summed E-state index contributed by atoms with van der Waals surface area (Å²) in [5, 5.41) is 4.16. The minimum absolute atomic E-state index is 0.247. The monoisotopic (exact) mass is 354 g/mol. The highest BCUT2D eigenvalue weighted by atomic mass is 16.5. The Balaban J connectivity index is 1.54. The van der Waals surface area contributed by atoms with E-state index in [-0.39, 0.29) is 17.5 Å². The number of piperidine rings is 1. The number of amides is 1. The van der Waals surface area contributed by atoms with Crippen LogP contribution >= 0.6 is 0 Å². The first-order valence-electron chi connectivity index (χ1n) is 9.54. The molecule has 1 spiro atoms. The van der Waals surface area contributed by atoms with Crippen molar-refractivity contribution in [3.63, 3.8) is 0 Å². The van der Waals surface area contributed by atoms with Gasteiger partial charge >= 0.3 is 0 Å². The lowest BCUT2D eigenvalue weighted by atomic mass is 9.84. The lowest BCUT2D eigenvalue weighted by Gasteiger charge is -2.45. The van der Waals surface area contributed by atoms with Gasteiger partial charge in [-0.3, -0.25) is 9.69 Å². The molecule has 26 heavy (non-hydrogen) atoms. The van der Waals surface area contributed by atoms with E-state index in [1.165, 1.54) is 0 Å². The van der Waals surface area contributed by atoms with Crippen molar-refractivity contribution in [3.8, 4) is 11.5 Å². The van der Waals surface area contributed by atoms with Gasteiger partial charge in [-0.1, -0.05) is 23.4 Å². The third-order valence-electron chi connectivity index (χ3n) is 5.72. The lowest BCUT2D eigenvalue weighted by Crippen LogP contribution is -2.61. The van der Waals surface area contributed by atoms with E-state index in [2.05, 4.69) is 28.9 Å². The van der Waals surface area contributed by atoms with Crippen LogP contribution in [0.4, 0.5) is 0 Å². The molecule has 0 bridgehead atoms. The van der Waals surface area contributed by atoms with Crippen molar-refractivity contribution >= 4 is 5.91 Å². The summed E-state index contributed by atoms with van der Waals surface area (Å²) in [6.07, 6.45) is 3.96. The number of carbonyl (C=O) groups excluding carboxylic acids is 1. The van der Waals surface area contributed by atoms with Crippen molar-refractivity contribution < 1.29 is 9.32 Å². The molecule has 6 heteroatoms. The van der Waals surface area contributed by atoms with Crippen molar-refractivity contribution in [3.05, 3.63) is 36.2 Å². The number of nitrogens with zero attached hydrogens (tertiary/aromatic N) is 4. The maximum Gasteiger partial charge on any atom is 0.257 e. The molecule has 3 heterocycles. The van der Waals surface area contributed by atoms with Crippen LogP contribution in [-0.2, 0) is 11.3 Å². The molecule has 4 rings (SSSR count). The second-order valence-electron chi connectivity index (χ2n) is 7.63. The Morgan fingerprint density at radius 3 is 2.62 bits per heavy atom. The molecule has 0 saturated carbocycles. The Morgan fingerprint density at radius 1 is 1.15 bits per heavy atom. The van der Waals surface area contributed by atoms with E-state index < -0.39 is 0 Å². The van der Waals surface area contributed by atoms with Gasteiger partial charge in [-0.05, 0) is 58.2 Å². The van der Waals surface area contributed by atoms with Crippen LogP contribution in [0.3, 0.4) is 0 Å². The number of carbonyl (C=O) groups is 1. The first-order valence-corrected chi connectivity index (χ1v) is 9.54. The molecule has 2 fully saturated rings. The zero-order chi connectivity index (χ0) is 18.1. The molecule has 1 amide bonds. The number of aromatic nitrogens is 2. The van der Waals surface area contributed by atoms with E-state index in [1.807, 2.05) is 35.2 Å². The van der Waals surface area contributed by atoms with Gasteiger partial charge in [0.05, 0.1) is 6.54 Å². The highest BCUT2D eigenvalue weighted by Crippen LogP contribution is 2.39. The van der Waals surface area contributed by atoms with Gasteiger partial charge in [0, 0.05) is 18.2 Å². The normalized spacial score (nSPS) is 24.1. The summed E-state index contributed by atoms with van der Waals surface area (Å²) in [4.78, 5) is 22.1. The van der Waals surface area contributed by atoms with Crippen molar-refractivity contribution in [2.75, 3.05) is 13.1 Å². The Kier molecular flexibility index (Phi) is 4.53. The van der Waals surface area contributed by atoms with Gasteiger partial charge in [0.2, 0.25) is 5.91 Å². The van der Waals surface area contributed by atoms with Gasteiger partial charge in [-0.2, -0.15) is 4.98 Å². The van der Waals surface area contributed by atoms with E-state index in [9.17, 15) is 4.79 Å². The van der Waals surface area contributed by atoms with Crippen LogP contribution in [0.15, 0.2) is 34.9 Å². The van der Waals surface area contributed by atoms with Gasteiger partial charge in [0.15, 0.2) is 5.82 Å². The van der Waals surface area contributed by atoms with Crippen molar-refractivity contribution in [2.24, 2.45) is 0 Å². The highest BCUT2D eigenvalue weighted by molar-refractivity contribution is 5.87. The Bertz CT molecular complexity index is 773. The van der Waals surface area contributed by atoms with E-state index in [0.29, 0.717) is 18.3 Å². The van der Waals surface area contributed by atoms with E-state index in [4.69, 9.17) is 4.52 Å². The molecule has 1 atom stereocenters. The number of hydrogen-bond acceptors (Lipinski definition) is 5. The fraction of sp³-hybridized carbons (Fsp3) is 0.550. The summed E-state index contributed by atoms with van der Waals surface area (Å²) in [5.74, 6) is 1.47. The summed E-state index contributed by atoms with van der Waals surface area (Å²) in [7, 11) is 0. The molecule has 1 aromatic carbocycles. The molecule has 0 aliphatic carbocycles. The van der Waals surface area contributed by atoms with Crippen molar-refractivity contribution in [2.45, 2.75) is 57.7 Å². The number of likely N-dealkylation sites (tertiary alicyclic amines) is 2. The van der Waals surface area contributed by atoms with Crippen molar-refractivity contribution in [1.82, 2.24) is 19.9 Å². The number of hydrogen-bond donors (Lipinski definition) is 0. The molecular formula is C20H26N4O2. The molecule has 1 unspecified atom stereocenters. The maximum atomic E-state index is 13.2. The molecule has 0 radical (unpaired) electrons. The Morgan fingerprint density at radius 2 is 1.88 bits per heavy atom. The smallest absolute Gasteiger partial charge is 0.257 e. The van der Waals surface area contributed by atoms with Crippen molar-refractivity contribution in [1.29, 1.82) is 0 Å². The van der Waals surface area contributed by atoms with Gasteiger partial charge < -0.3 is 9.42 Å². The van der Waals surface area contributed by atoms with Crippen LogP contribution in [0.1, 0.15) is 45.4 Å². The van der Waals surface area contributed by atoms with Crippen LogP contribution in [-0.4, -0.2) is 50.5 Å². The van der Waals surface area contributed by atoms with Crippen LogP contribution in [0, 0.1) is 0 Å². The zero-order valence-electron chi connectivity index (χ0n) is 15.5. The highest BCUT2D eigenvalue weighted by Gasteiger charge is 2.51. The summed E-state index contributed by atoms with van der Waals surface area (Å²) in [6, 6.07) is 10.0. The molecule has 2 aromatic rings.